The van der Waals surface area contributed by atoms with Crippen LogP contribution in [-0.2, 0) is 0 Å². The van der Waals surface area contributed by atoms with Gasteiger partial charge in [0, 0.05) is 25.7 Å². The minimum absolute atomic E-state index is 0.121. The number of aliphatic imine (C=N–C) groups is 1. The van der Waals surface area contributed by atoms with Crippen LogP contribution in [0.5, 0.6) is 0 Å². The minimum atomic E-state index is 0.121. The van der Waals surface area contributed by atoms with E-state index < -0.39 is 0 Å². The molecule has 0 rings (SSSR count). The molecule has 0 amide bonds. The molecule has 0 fully saturated rings. The van der Waals surface area contributed by atoms with Crippen molar-refractivity contribution in [1.29, 1.82) is 0 Å². The highest BCUT2D eigenvalue weighted by molar-refractivity contribution is 5.79. The second-order valence-corrected chi connectivity index (χ2v) is 5.74. The molecule has 0 aliphatic rings. The summed E-state index contributed by atoms with van der Waals surface area (Å²) in [5.41, 5.74) is 0.121. The van der Waals surface area contributed by atoms with E-state index in [1.165, 1.54) is 0 Å². The molecule has 0 unspecified atom stereocenters. The quantitative estimate of drug-likeness (QED) is 0.548. The van der Waals surface area contributed by atoms with Gasteiger partial charge in [-0.05, 0) is 40.3 Å². The number of guanidine groups is 1. The van der Waals surface area contributed by atoms with Crippen molar-refractivity contribution in [3.63, 3.8) is 0 Å². The number of rotatable bonds is 6. The first-order valence-electron chi connectivity index (χ1n) is 6.41. The number of likely N-dealkylation sites (N-methyl/N-ethyl adjacent to an activating group) is 1. The third-order valence-electron chi connectivity index (χ3n) is 3.14. The predicted octanol–water partition coefficient (Wildman–Crippen LogP) is 1.54. The molecule has 0 aliphatic heterocycles. The maximum absolute atomic E-state index is 4.22. The molecular formula is C13H30N4. The lowest BCUT2D eigenvalue weighted by Gasteiger charge is -2.33. The van der Waals surface area contributed by atoms with Crippen LogP contribution in [-0.4, -0.2) is 50.6 Å². The van der Waals surface area contributed by atoms with Crippen molar-refractivity contribution in [2.24, 2.45) is 10.9 Å². The van der Waals surface area contributed by atoms with Gasteiger partial charge in [0.25, 0.3) is 0 Å². The van der Waals surface area contributed by atoms with Gasteiger partial charge in [0.2, 0.25) is 0 Å². The Morgan fingerprint density at radius 1 is 1.24 bits per heavy atom. The lowest BCUT2D eigenvalue weighted by atomic mass is 10.0. The lowest BCUT2D eigenvalue weighted by Crippen LogP contribution is -2.51. The summed E-state index contributed by atoms with van der Waals surface area (Å²) in [6, 6.07) is 0. The highest BCUT2D eigenvalue weighted by Crippen LogP contribution is 2.07. The van der Waals surface area contributed by atoms with Crippen LogP contribution in [0.3, 0.4) is 0 Å². The molecule has 4 nitrogen and oxygen atoms in total. The summed E-state index contributed by atoms with van der Waals surface area (Å²) in [5, 5.41) is 6.69. The average Bonchev–Trinajstić information content (AvgIpc) is 2.22. The first-order valence-corrected chi connectivity index (χ1v) is 6.41. The number of hydrogen-bond donors (Lipinski definition) is 2. The Labute approximate surface area is 107 Å². The van der Waals surface area contributed by atoms with Crippen LogP contribution >= 0.6 is 0 Å². The minimum Gasteiger partial charge on any atom is -0.356 e. The molecular weight excluding hydrogens is 212 g/mol. The molecule has 2 N–H and O–H groups in total. The Kier molecular flexibility index (Phi) is 7.19. The van der Waals surface area contributed by atoms with Crippen LogP contribution < -0.4 is 10.6 Å². The van der Waals surface area contributed by atoms with Crippen LogP contribution in [0.15, 0.2) is 4.99 Å². The number of nitrogens with one attached hydrogen (secondary N) is 2. The summed E-state index contributed by atoms with van der Waals surface area (Å²) in [4.78, 5) is 6.43. The molecule has 0 saturated carbocycles. The van der Waals surface area contributed by atoms with Gasteiger partial charge in [-0.25, -0.2) is 0 Å². The summed E-state index contributed by atoms with van der Waals surface area (Å²) in [6.07, 6.45) is 1.16. The molecule has 0 aromatic carbocycles. The van der Waals surface area contributed by atoms with Crippen molar-refractivity contribution >= 4 is 5.96 Å². The fourth-order valence-electron chi connectivity index (χ4n) is 1.16. The molecule has 0 aliphatic carbocycles. The Morgan fingerprint density at radius 3 is 2.24 bits per heavy atom. The van der Waals surface area contributed by atoms with Gasteiger partial charge in [-0.2, -0.15) is 0 Å². The van der Waals surface area contributed by atoms with Crippen molar-refractivity contribution < 1.29 is 0 Å². The molecule has 0 atom stereocenters. The average molecular weight is 242 g/mol. The maximum atomic E-state index is 4.22. The van der Waals surface area contributed by atoms with Gasteiger partial charge in [0.15, 0.2) is 5.96 Å². The molecule has 4 heteroatoms. The monoisotopic (exact) mass is 242 g/mol. The zero-order valence-electron chi connectivity index (χ0n) is 12.6. The summed E-state index contributed by atoms with van der Waals surface area (Å²) >= 11 is 0. The van der Waals surface area contributed by atoms with E-state index in [1.807, 2.05) is 7.05 Å². The maximum Gasteiger partial charge on any atom is 0.191 e. The third kappa shape index (κ3) is 7.21. The summed E-state index contributed by atoms with van der Waals surface area (Å²) < 4.78 is 0. The van der Waals surface area contributed by atoms with E-state index >= 15 is 0 Å². The first-order chi connectivity index (χ1) is 7.79. The molecule has 0 radical (unpaired) electrons. The van der Waals surface area contributed by atoms with E-state index in [1.54, 1.807) is 0 Å². The largest absolute Gasteiger partial charge is 0.356 e. The van der Waals surface area contributed by atoms with E-state index in [0.29, 0.717) is 0 Å². The van der Waals surface area contributed by atoms with Crippen LogP contribution in [0, 0.1) is 5.92 Å². The highest BCUT2D eigenvalue weighted by atomic mass is 15.2. The Morgan fingerprint density at radius 2 is 1.82 bits per heavy atom. The topological polar surface area (TPSA) is 39.7 Å². The molecule has 17 heavy (non-hydrogen) atoms. The van der Waals surface area contributed by atoms with E-state index in [9.17, 15) is 0 Å². The molecule has 0 heterocycles. The SMILES string of the molecule is CN=C(NCCC(C)C)NCC(C)(C)N(C)C. The van der Waals surface area contributed by atoms with Gasteiger partial charge in [-0.1, -0.05) is 13.8 Å². The molecule has 0 aromatic rings. The van der Waals surface area contributed by atoms with Gasteiger partial charge in [-0.15, -0.1) is 0 Å². The predicted molar refractivity (Wildman–Crippen MR) is 76.6 cm³/mol. The van der Waals surface area contributed by atoms with Gasteiger partial charge in [0.05, 0.1) is 0 Å². The van der Waals surface area contributed by atoms with Gasteiger partial charge in [0.1, 0.15) is 0 Å². The van der Waals surface area contributed by atoms with Gasteiger partial charge in [-0.3, -0.25) is 4.99 Å². The Bertz CT molecular complexity index is 232. The fourth-order valence-corrected chi connectivity index (χ4v) is 1.16. The summed E-state index contributed by atoms with van der Waals surface area (Å²) in [7, 11) is 6.00. The zero-order valence-corrected chi connectivity index (χ0v) is 12.6. The molecule has 0 aromatic heterocycles. The number of hydrogen-bond acceptors (Lipinski definition) is 2. The van der Waals surface area contributed by atoms with Crippen LogP contribution in [0.1, 0.15) is 34.1 Å². The van der Waals surface area contributed by atoms with Crippen molar-refractivity contribution in [3.05, 3.63) is 0 Å². The standard InChI is InChI=1S/C13H30N4/c1-11(2)8-9-15-12(14-5)16-10-13(3,4)17(6)7/h11H,8-10H2,1-7H3,(H2,14,15,16). The Balaban J connectivity index is 3.99. The molecule has 0 spiro atoms. The Hall–Kier alpha value is -0.770. The van der Waals surface area contributed by atoms with E-state index in [2.05, 4.69) is 62.3 Å². The lowest BCUT2D eigenvalue weighted by molar-refractivity contribution is 0.197. The van der Waals surface area contributed by atoms with E-state index in [-0.39, 0.29) is 5.54 Å². The highest BCUT2D eigenvalue weighted by Gasteiger charge is 2.20. The molecule has 0 saturated heterocycles. The summed E-state index contributed by atoms with van der Waals surface area (Å²) in [5.74, 6) is 1.61. The first kappa shape index (κ1) is 16.2. The van der Waals surface area contributed by atoms with Crippen LogP contribution in [0.4, 0.5) is 0 Å². The number of nitrogens with zero attached hydrogens (tertiary/aromatic N) is 2. The second-order valence-electron chi connectivity index (χ2n) is 5.74. The van der Waals surface area contributed by atoms with Gasteiger partial charge < -0.3 is 15.5 Å². The normalized spacial score (nSPS) is 13.4. The molecule has 0 bridgehead atoms. The molecule has 102 valence electrons. The van der Waals surface area contributed by atoms with Crippen molar-refractivity contribution in [3.8, 4) is 0 Å². The van der Waals surface area contributed by atoms with E-state index in [0.717, 1.165) is 31.4 Å². The fraction of sp³-hybridized carbons (Fsp3) is 0.923. The van der Waals surface area contributed by atoms with Gasteiger partial charge >= 0.3 is 0 Å². The van der Waals surface area contributed by atoms with Crippen molar-refractivity contribution in [1.82, 2.24) is 15.5 Å². The van der Waals surface area contributed by atoms with Crippen molar-refractivity contribution in [2.75, 3.05) is 34.2 Å². The zero-order chi connectivity index (χ0) is 13.5. The van der Waals surface area contributed by atoms with E-state index in [4.69, 9.17) is 0 Å². The van der Waals surface area contributed by atoms with Crippen molar-refractivity contribution in [2.45, 2.75) is 39.7 Å². The summed E-state index contributed by atoms with van der Waals surface area (Å²) in [6.45, 7) is 10.7. The van der Waals surface area contributed by atoms with Crippen LogP contribution in [0.2, 0.25) is 0 Å². The third-order valence-corrected chi connectivity index (χ3v) is 3.14. The second kappa shape index (κ2) is 7.54. The van der Waals surface area contributed by atoms with Crippen LogP contribution in [0.25, 0.3) is 0 Å². The smallest absolute Gasteiger partial charge is 0.191 e.